The SMILES string of the molecule is Cc1cnc(C(=O)c2cc3cccc(F)c3o2)cn1. The van der Waals surface area contributed by atoms with Gasteiger partial charge in [0.1, 0.15) is 5.69 Å². The van der Waals surface area contributed by atoms with Crippen LogP contribution in [0, 0.1) is 12.7 Å². The minimum absolute atomic E-state index is 0.0539. The van der Waals surface area contributed by atoms with Crippen molar-refractivity contribution < 1.29 is 13.6 Å². The van der Waals surface area contributed by atoms with Crippen LogP contribution < -0.4 is 0 Å². The van der Waals surface area contributed by atoms with Crippen molar-refractivity contribution in [2.45, 2.75) is 6.92 Å². The average molecular weight is 256 g/mol. The van der Waals surface area contributed by atoms with Crippen molar-refractivity contribution in [1.82, 2.24) is 9.97 Å². The number of nitrogens with zero attached hydrogens (tertiary/aromatic N) is 2. The van der Waals surface area contributed by atoms with Crippen molar-refractivity contribution in [3.63, 3.8) is 0 Å². The molecule has 0 aliphatic heterocycles. The summed E-state index contributed by atoms with van der Waals surface area (Å²) in [6, 6.07) is 6.03. The summed E-state index contributed by atoms with van der Waals surface area (Å²) in [5, 5.41) is 0.545. The summed E-state index contributed by atoms with van der Waals surface area (Å²) in [5.74, 6) is -0.854. The molecule has 0 N–H and O–H groups in total. The molecule has 2 heterocycles. The molecule has 5 heteroatoms. The molecule has 4 nitrogen and oxygen atoms in total. The Morgan fingerprint density at radius 2 is 2.11 bits per heavy atom. The Labute approximate surface area is 107 Å². The molecule has 0 unspecified atom stereocenters. The van der Waals surface area contributed by atoms with Gasteiger partial charge in [0, 0.05) is 11.6 Å². The molecule has 0 radical (unpaired) electrons. The van der Waals surface area contributed by atoms with Crippen molar-refractivity contribution in [3.8, 4) is 0 Å². The lowest BCUT2D eigenvalue weighted by Gasteiger charge is -1.96. The van der Waals surface area contributed by atoms with Crippen LogP contribution in [-0.4, -0.2) is 15.8 Å². The second-order valence-corrected chi connectivity index (χ2v) is 4.14. The van der Waals surface area contributed by atoms with Gasteiger partial charge in [-0.1, -0.05) is 12.1 Å². The lowest BCUT2D eigenvalue weighted by atomic mass is 10.2. The first-order valence-corrected chi connectivity index (χ1v) is 5.66. The normalized spacial score (nSPS) is 10.8. The summed E-state index contributed by atoms with van der Waals surface area (Å²) in [7, 11) is 0. The van der Waals surface area contributed by atoms with E-state index in [0.29, 0.717) is 11.1 Å². The first-order valence-electron chi connectivity index (χ1n) is 5.66. The number of carbonyl (C=O) groups is 1. The Kier molecular flexibility index (Phi) is 2.59. The van der Waals surface area contributed by atoms with Crippen molar-refractivity contribution in [3.05, 3.63) is 59.6 Å². The summed E-state index contributed by atoms with van der Waals surface area (Å²) in [6.45, 7) is 1.78. The lowest BCUT2D eigenvalue weighted by Crippen LogP contribution is -2.03. The van der Waals surface area contributed by atoms with E-state index in [9.17, 15) is 9.18 Å². The van der Waals surface area contributed by atoms with Gasteiger partial charge in [-0.25, -0.2) is 9.37 Å². The number of halogens is 1. The van der Waals surface area contributed by atoms with Crippen molar-refractivity contribution in [1.29, 1.82) is 0 Å². The van der Waals surface area contributed by atoms with E-state index < -0.39 is 11.6 Å². The van der Waals surface area contributed by atoms with Crippen LogP contribution in [0.25, 0.3) is 11.0 Å². The zero-order valence-corrected chi connectivity index (χ0v) is 10.1. The van der Waals surface area contributed by atoms with Gasteiger partial charge in [-0.3, -0.25) is 9.78 Å². The number of carbonyl (C=O) groups excluding carboxylic acids is 1. The first kappa shape index (κ1) is 11.5. The molecule has 1 aromatic carbocycles. The predicted molar refractivity (Wildman–Crippen MR) is 66.4 cm³/mol. The highest BCUT2D eigenvalue weighted by Crippen LogP contribution is 2.23. The number of aromatic nitrogens is 2. The Balaban J connectivity index is 2.06. The lowest BCUT2D eigenvalue weighted by molar-refractivity contribution is 0.101. The molecular weight excluding hydrogens is 247 g/mol. The van der Waals surface area contributed by atoms with E-state index in [1.165, 1.54) is 24.5 Å². The van der Waals surface area contributed by atoms with Crippen molar-refractivity contribution in [2.75, 3.05) is 0 Å². The zero-order chi connectivity index (χ0) is 13.4. The number of para-hydroxylation sites is 1. The molecule has 19 heavy (non-hydrogen) atoms. The average Bonchev–Trinajstić information content (AvgIpc) is 2.84. The third-order valence-corrected chi connectivity index (χ3v) is 2.73. The van der Waals surface area contributed by atoms with Gasteiger partial charge in [-0.05, 0) is 19.1 Å². The van der Waals surface area contributed by atoms with Gasteiger partial charge < -0.3 is 4.42 Å². The van der Waals surface area contributed by atoms with Crippen LogP contribution in [0.3, 0.4) is 0 Å². The number of fused-ring (bicyclic) bond motifs is 1. The van der Waals surface area contributed by atoms with Crippen LogP contribution >= 0.6 is 0 Å². The summed E-state index contributed by atoms with van der Waals surface area (Å²) in [4.78, 5) is 20.1. The smallest absolute Gasteiger partial charge is 0.248 e. The maximum atomic E-state index is 13.5. The van der Waals surface area contributed by atoms with Crippen molar-refractivity contribution >= 4 is 16.8 Å². The van der Waals surface area contributed by atoms with E-state index in [1.54, 1.807) is 19.1 Å². The first-order chi connectivity index (χ1) is 9.15. The number of hydrogen-bond donors (Lipinski definition) is 0. The summed E-state index contributed by atoms with van der Waals surface area (Å²) < 4.78 is 18.7. The molecule has 94 valence electrons. The zero-order valence-electron chi connectivity index (χ0n) is 10.1. The number of ketones is 1. The number of benzene rings is 1. The quantitative estimate of drug-likeness (QED) is 0.661. The van der Waals surface area contributed by atoms with E-state index in [-0.39, 0.29) is 17.0 Å². The predicted octanol–water partition coefficient (Wildman–Crippen LogP) is 2.90. The van der Waals surface area contributed by atoms with E-state index in [4.69, 9.17) is 4.42 Å². The van der Waals surface area contributed by atoms with Crippen LogP contribution in [0.1, 0.15) is 21.9 Å². The fraction of sp³-hybridized carbons (Fsp3) is 0.0714. The molecule has 3 rings (SSSR count). The number of rotatable bonds is 2. The van der Waals surface area contributed by atoms with Crippen LogP contribution in [0.2, 0.25) is 0 Å². The molecule has 0 saturated carbocycles. The van der Waals surface area contributed by atoms with Crippen LogP contribution in [0.5, 0.6) is 0 Å². The molecule has 0 amide bonds. The molecule has 0 aliphatic carbocycles. The monoisotopic (exact) mass is 256 g/mol. The molecule has 2 aromatic heterocycles. The van der Waals surface area contributed by atoms with E-state index in [0.717, 1.165) is 0 Å². The highest BCUT2D eigenvalue weighted by atomic mass is 19.1. The molecular formula is C14H9FN2O2. The highest BCUT2D eigenvalue weighted by Gasteiger charge is 2.17. The fourth-order valence-corrected chi connectivity index (χ4v) is 1.78. The standard InChI is InChI=1S/C14H9FN2O2/c1-8-6-17-11(7-16-8)13(18)12-5-9-3-2-4-10(15)14(9)19-12/h2-7H,1H3. The minimum Gasteiger partial charge on any atom is -0.449 e. The largest absolute Gasteiger partial charge is 0.449 e. The molecule has 0 bridgehead atoms. The summed E-state index contributed by atoms with van der Waals surface area (Å²) in [5.41, 5.74) is 0.961. The van der Waals surface area contributed by atoms with E-state index >= 15 is 0 Å². The third-order valence-electron chi connectivity index (χ3n) is 2.73. The molecule has 3 aromatic rings. The van der Waals surface area contributed by atoms with Gasteiger partial charge >= 0.3 is 0 Å². The van der Waals surface area contributed by atoms with Crippen molar-refractivity contribution in [2.24, 2.45) is 0 Å². The van der Waals surface area contributed by atoms with E-state index in [2.05, 4.69) is 9.97 Å². The minimum atomic E-state index is -0.494. The number of hydrogen-bond acceptors (Lipinski definition) is 4. The summed E-state index contributed by atoms with van der Waals surface area (Å²) in [6.07, 6.45) is 2.87. The van der Waals surface area contributed by atoms with Crippen LogP contribution in [0.4, 0.5) is 4.39 Å². The van der Waals surface area contributed by atoms with Crippen LogP contribution in [0.15, 0.2) is 41.1 Å². The van der Waals surface area contributed by atoms with Gasteiger partial charge in [0.05, 0.1) is 11.9 Å². The molecule has 0 aliphatic rings. The van der Waals surface area contributed by atoms with Gasteiger partial charge in [-0.2, -0.15) is 0 Å². The van der Waals surface area contributed by atoms with Gasteiger partial charge in [-0.15, -0.1) is 0 Å². The molecule has 0 fully saturated rings. The second-order valence-electron chi connectivity index (χ2n) is 4.14. The van der Waals surface area contributed by atoms with Gasteiger partial charge in [0.2, 0.25) is 5.78 Å². The number of aryl methyl sites for hydroxylation is 1. The summed E-state index contributed by atoms with van der Waals surface area (Å²) >= 11 is 0. The van der Waals surface area contributed by atoms with Gasteiger partial charge in [0.15, 0.2) is 17.2 Å². The van der Waals surface area contributed by atoms with Crippen LogP contribution in [-0.2, 0) is 0 Å². The van der Waals surface area contributed by atoms with E-state index in [1.807, 2.05) is 0 Å². The Hall–Kier alpha value is -2.56. The maximum Gasteiger partial charge on any atom is 0.248 e. The maximum absolute atomic E-state index is 13.5. The number of furan rings is 1. The molecule has 0 atom stereocenters. The third kappa shape index (κ3) is 1.99. The fourth-order valence-electron chi connectivity index (χ4n) is 1.78. The Morgan fingerprint density at radius 1 is 1.26 bits per heavy atom. The Morgan fingerprint density at radius 3 is 2.79 bits per heavy atom. The molecule has 0 saturated heterocycles. The van der Waals surface area contributed by atoms with Gasteiger partial charge in [0.25, 0.3) is 0 Å². The second kappa shape index (κ2) is 4.28. The topological polar surface area (TPSA) is 56.0 Å². The molecule has 0 spiro atoms. The Bertz CT molecular complexity index is 763. The highest BCUT2D eigenvalue weighted by molar-refractivity contribution is 6.07.